The quantitative estimate of drug-likeness (QED) is 0.899. The van der Waals surface area contributed by atoms with Crippen LogP contribution in [0.15, 0.2) is 28.8 Å². The van der Waals surface area contributed by atoms with E-state index in [2.05, 4.69) is 5.16 Å². The average molecular weight is 274 g/mol. The molecule has 2 aromatic rings. The van der Waals surface area contributed by atoms with Crippen molar-refractivity contribution in [2.45, 2.75) is 18.6 Å². The number of rotatable bonds is 3. The van der Waals surface area contributed by atoms with E-state index in [4.69, 9.17) is 9.63 Å². The molecule has 0 aliphatic carbocycles. The highest BCUT2D eigenvalue weighted by molar-refractivity contribution is 5.91. The van der Waals surface area contributed by atoms with Crippen LogP contribution in [0.3, 0.4) is 0 Å². The first-order valence-electron chi connectivity index (χ1n) is 5.18. The molecule has 1 heterocycles. The van der Waals surface area contributed by atoms with Gasteiger partial charge in [0.15, 0.2) is 11.4 Å². The predicted octanol–water partition coefficient (Wildman–Crippen LogP) is 2.65. The number of benzene rings is 1. The van der Waals surface area contributed by atoms with E-state index in [0.29, 0.717) is 6.92 Å². The highest BCUT2D eigenvalue weighted by Crippen LogP contribution is 2.35. The van der Waals surface area contributed by atoms with Crippen molar-refractivity contribution in [3.05, 3.63) is 24.3 Å². The van der Waals surface area contributed by atoms with Crippen molar-refractivity contribution in [2.75, 3.05) is 5.32 Å². The normalized spacial score (nSPS) is 15.2. The summed E-state index contributed by atoms with van der Waals surface area (Å²) in [5, 5.41) is 14.4. The van der Waals surface area contributed by atoms with Gasteiger partial charge >= 0.3 is 12.1 Å². The Balaban J connectivity index is 2.46. The summed E-state index contributed by atoms with van der Waals surface area (Å²) in [7, 11) is 0. The Morgan fingerprint density at radius 2 is 2.00 bits per heavy atom. The Labute approximate surface area is 105 Å². The van der Waals surface area contributed by atoms with Crippen molar-refractivity contribution in [1.29, 1.82) is 0 Å². The zero-order chi connectivity index (χ0) is 14.3. The number of carboxylic acid groups (broad SMARTS) is 1. The summed E-state index contributed by atoms with van der Waals surface area (Å²) in [4.78, 5) is 10.9. The van der Waals surface area contributed by atoms with E-state index in [-0.39, 0.29) is 16.8 Å². The Morgan fingerprint density at radius 1 is 1.37 bits per heavy atom. The third-order valence-electron chi connectivity index (χ3n) is 2.74. The molecule has 0 saturated carbocycles. The molecule has 8 heteroatoms. The predicted molar refractivity (Wildman–Crippen MR) is 59.7 cm³/mol. The van der Waals surface area contributed by atoms with E-state index < -0.39 is 17.7 Å². The molecule has 1 unspecified atom stereocenters. The van der Waals surface area contributed by atoms with Crippen LogP contribution in [0.4, 0.5) is 19.0 Å². The number of aromatic nitrogens is 1. The topological polar surface area (TPSA) is 75.4 Å². The fourth-order valence-corrected chi connectivity index (χ4v) is 1.46. The molecule has 0 spiro atoms. The second-order valence-electron chi connectivity index (χ2n) is 4.08. The van der Waals surface area contributed by atoms with Gasteiger partial charge in [0.2, 0.25) is 5.54 Å². The van der Waals surface area contributed by atoms with Crippen molar-refractivity contribution in [3.8, 4) is 0 Å². The van der Waals surface area contributed by atoms with Crippen molar-refractivity contribution in [1.82, 2.24) is 5.16 Å². The minimum absolute atomic E-state index is 0.264. The van der Waals surface area contributed by atoms with Gasteiger partial charge in [0.25, 0.3) is 0 Å². The van der Waals surface area contributed by atoms with Gasteiger partial charge in [0, 0.05) is 0 Å². The molecule has 0 bridgehead atoms. The number of fused-ring (bicyclic) bond motifs is 1. The molecule has 0 amide bonds. The van der Waals surface area contributed by atoms with E-state index >= 15 is 0 Å². The summed E-state index contributed by atoms with van der Waals surface area (Å²) in [6.07, 6.45) is -4.99. The van der Waals surface area contributed by atoms with Gasteiger partial charge in [-0.15, -0.1) is 0 Å². The molecule has 0 fully saturated rings. The maximum absolute atomic E-state index is 12.8. The zero-order valence-electron chi connectivity index (χ0n) is 9.65. The van der Waals surface area contributed by atoms with E-state index in [1.807, 2.05) is 5.32 Å². The van der Waals surface area contributed by atoms with Crippen molar-refractivity contribution in [3.63, 3.8) is 0 Å². The third kappa shape index (κ3) is 2.09. The van der Waals surface area contributed by atoms with Crippen molar-refractivity contribution >= 4 is 22.8 Å². The number of alkyl halides is 3. The minimum Gasteiger partial charge on any atom is -0.479 e. The second kappa shape index (κ2) is 4.15. The number of aliphatic carboxylic acids is 1. The Bertz CT molecular complexity index is 623. The number of carboxylic acids is 1. The monoisotopic (exact) mass is 274 g/mol. The van der Waals surface area contributed by atoms with Crippen LogP contribution in [0, 0.1) is 0 Å². The summed E-state index contributed by atoms with van der Waals surface area (Å²) in [6.45, 7) is 0.527. The van der Waals surface area contributed by atoms with Crippen LogP contribution < -0.4 is 5.32 Å². The van der Waals surface area contributed by atoms with Crippen LogP contribution in [0.25, 0.3) is 11.0 Å². The largest absolute Gasteiger partial charge is 0.479 e. The van der Waals surface area contributed by atoms with Crippen LogP contribution in [-0.4, -0.2) is 27.9 Å². The molecule has 1 aromatic heterocycles. The summed E-state index contributed by atoms with van der Waals surface area (Å²) in [5.74, 6) is -2.31. The van der Waals surface area contributed by atoms with E-state index in [1.165, 1.54) is 12.1 Å². The van der Waals surface area contributed by atoms with Gasteiger partial charge in [0.1, 0.15) is 0 Å². The molecule has 19 heavy (non-hydrogen) atoms. The summed E-state index contributed by atoms with van der Waals surface area (Å²) < 4.78 is 43.4. The number of hydrogen-bond donors (Lipinski definition) is 2. The third-order valence-corrected chi connectivity index (χ3v) is 2.74. The Morgan fingerprint density at radius 3 is 2.58 bits per heavy atom. The number of para-hydroxylation sites is 1. The minimum atomic E-state index is -4.99. The standard InChI is InChI=1S/C11H9F3N2O3/c1-10(9(17)18,11(12,13)14)15-8-6-4-2-3-5-7(6)19-16-8/h2-5H,1H3,(H,15,16)(H,17,18). The van der Waals surface area contributed by atoms with Gasteiger partial charge in [-0.2, -0.15) is 13.2 Å². The zero-order valence-corrected chi connectivity index (χ0v) is 9.65. The SMILES string of the molecule is CC(Nc1noc2ccccc12)(C(=O)O)C(F)(F)F. The first kappa shape index (κ1) is 13.2. The molecule has 1 aromatic carbocycles. The molecule has 2 rings (SSSR count). The fraction of sp³-hybridized carbons (Fsp3) is 0.273. The first-order chi connectivity index (χ1) is 8.75. The van der Waals surface area contributed by atoms with E-state index in [9.17, 15) is 18.0 Å². The molecule has 1 atom stereocenters. The van der Waals surface area contributed by atoms with Gasteiger partial charge in [-0.1, -0.05) is 17.3 Å². The number of hydrogen-bond acceptors (Lipinski definition) is 4. The molecular formula is C11H9F3N2O3. The van der Waals surface area contributed by atoms with E-state index in [0.717, 1.165) is 0 Å². The Kier molecular flexibility index (Phi) is 2.88. The van der Waals surface area contributed by atoms with Crippen molar-refractivity contribution in [2.24, 2.45) is 0 Å². The summed E-state index contributed by atoms with van der Waals surface area (Å²) in [5.41, 5.74) is -2.88. The molecule has 0 saturated heterocycles. The van der Waals surface area contributed by atoms with Gasteiger partial charge in [-0.3, -0.25) is 0 Å². The van der Waals surface area contributed by atoms with Crippen LogP contribution in [0.2, 0.25) is 0 Å². The van der Waals surface area contributed by atoms with Gasteiger partial charge < -0.3 is 14.9 Å². The number of nitrogens with one attached hydrogen (secondary N) is 1. The molecule has 2 N–H and O–H groups in total. The smallest absolute Gasteiger partial charge is 0.422 e. The number of halogens is 3. The Hall–Kier alpha value is -2.25. The lowest BCUT2D eigenvalue weighted by Gasteiger charge is -2.28. The molecule has 5 nitrogen and oxygen atoms in total. The summed E-state index contributed by atoms with van der Waals surface area (Å²) in [6, 6.07) is 6.19. The average Bonchev–Trinajstić information content (AvgIpc) is 2.71. The van der Waals surface area contributed by atoms with Crippen LogP contribution in [0.5, 0.6) is 0 Å². The lowest BCUT2D eigenvalue weighted by atomic mass is 10.0. The fourth-order valence-electron chi connectivity index (χ4n) is 1.46. The number of anilines is 1. The molecular weight excluding hydrogens is 265 g/mol. The lowest BCUT2D eigenvalue weighted by Crippen LogP contribution is -2.55. The van der Waals surface area contributed by atoms with E-state index in [1.54, 1.807) is 12.1 Å². The van der Waals surface area contributed by atoms with Gasteiger partial charge in [0.05, 0.1) is 5.39 Å². The number of nitrogens with zero attached hydrogens (tertiary/aromatic N) is 1. The molecule has 0 aliphatic heterocycles. The van der Waals surface area contributed by atoms with Crippen LogP contribution >= 0.6 is 0 Å². The maximum Gasteiger partial charge on any atom is 0.422 e. The number of carbonyl (C=O) groups is 1. The van der Waals surface area contributed by atoms with Crippen molar-refractivity contribution < 1.29 is 27.6 Å². The summed E-state index contributed by atoms with van der Waals surface area (Å²) >= 11 is 0. The molecule has 0 aliphatic rings. The van der Waals surface area contributed by atoms with Gasteiger partial charge in [-0.25, -0.2) is 4.79 Å². The highest BCUT2D eigenvalue weighted by Gasteiger charge is 2.58. The van der Waals surface area contributed by atoms with Crippen LogP contribution in [0.1, 0.15) is 6.92 Å². The van der Waals surface area contributed by atoms with Crippen LogP contribution in [-0.2, 0) is 4.79 Å². The highest BCUT2D eigenvalue weighted by atomic mass is 19.4. The maximum atomic E-state index is 12.8. The second-order valence-corrected chi connectivity index (χ2v) is 4.08. The lowest BCUT2D eigenvalue weighted by molar-refractivity contribution is -0.192. The molecule has 0 radical (unpaired) electrons. The van der Waals surface area contributed by atoms with Gasteiger partial charge in [-0.05, 0) is 19.1 Å². The molecule has 102 valence electrons. The first-order valence-corrected chi connectivity index (χ1v) is 5.18.